The van der Waals surface area contributed by atoms with Gasteiger partial charge < -0.3 is 10.2 Å². The molecule has 0 aliphatic heterocycles. The Morgan fingerprint density at radius 1 is 1.12 bits per heavy atom. The van der Waals surface area contributed by atoms with E-state index >= 15 is 0 Å². The van der Waals surface area contributed by atoms with Crippen LogP contribution >= 0.6 is 0 Å². The molecule has 1 heterocycles. The van der Waals surface area contributed by atoms with E-state index in [1.54, 1.807) is 36.4 Å². The van der Waals surface area contributed by atoms with Gasteiger partial charge in [0.1, 0.15) is 5.76 Å². The summed E-state index contributed by atoms with van der Waals surface area (Å²) in [4.78, 5) is 0. The average molecular weight is 252 g/mol. The highest BCUT2D eigenvalue weighted by atomic mass is 32.2. The fraction of sp³-hybridized carbons (Fsp3) is 0.0909. The Morgan fingerprint density at radius 2 is 1.82 bits per heavy atom. The Kier molecular flexibility index (Phi) is 3.16. The van der Waals surface area contributed by atoms with Crippen molar-refractivity contribution >= 4 is 15.7 Å². The number of anilines is 1. The molecule has 1 aromatic heterocycles. The predicted octanol–water partition coefficient (Wildman–Crippen LogP) is 1.54. The Labute approximate surface area is 99.3 Å². The van der Waals surface area contributed by atoms with Gasteiger partial charge in [-0.05, 0) is 24.3 Å². The van der Waals surface area contributed by atoms with Crippen molar-refractivity contribution in [2.75, 3.05) is 4.72 Å². The molecule has 0 spiro atoms. The minimum absolute atomic E-state index is 0.137. The topological polar surface area (TPSA) is 85.3 Å². The van der Waals surface area contributed by atoms with Crippen molar-refractivity contribution in [3.63, 3.8) is 0 Å². The maximum Gasteiger partial charge on any atom is 0.295 e. The van der Waals surface area contributed by atoms with Crippen molar-refractivity contribution in [1.29, 1.82) is 0 Å². The molecule has 0 unspecified atom stereocenters. The van der Waals surface area contributed by atoms with Gasteiger partial charge in [0.2, 0.25) is 5.09 Å². The summed E-state index contributed by atoms with van der Waals surface area (Å²) in [7, 11) is -3.67. The molecule has 0 radical (unpaired) electrons. The minimum Gasteiger partial charge on any atom is -0.446 e. The van der Waals surface area contributed by atoms with E-state index in [1.165, 1.54) is 6.07 Å². The summed E-state index contributed by atoms with van der Waals surface area (Å²) in [5, 5.41) is -0.137. The van der Waals surface area contributed by atoms with E-state index in [0.717, 1.165) is 0 Å². The summed E-state index contributed by atoms with van der Waals surface area (Å²) in [6, 6.07) is 11.5. The monoisotopic (exact) mass is 252 g/mol. The van der Waals surface area contributed by atoms with Crippen molar-refractivity contribution < 1.29 is 12.8 Å². The lowest BCUT2D eigenvalue weighted by molar-refractivity contribution is 0.417. The summed E-state index contributed by atoms with van der Waals surface area (Å²) in [6.45, 7) is 0.168. The first-order valence-corrected chi connectivity index (χ1v) is 6.47. The molecule has 6 heteroatoms. The second-order valence-corrected chi connectivity index (χ2v) is 5.01. The zero-order chi connectivity index (χ0) is 12.3. The van der Waals surface area contributed by atoms with Gasteiger partial charge in [0.25, 0.3) is 10.0 Å². The Bertz CT molecular complexity index is 590. The Balaban J connectivity index is 2.25. The SMILES string of the molecule is NCc1ccc(S(=O)(=O)Nc2ccccc2)o1. The van der Waals surface area contributed by atoms with Gasteiger partial charge in [-0.25, -0.2) is 0 Å². The predicted molar refractivity (Wildman–Crippen MR) is 63.8 cm³/mol. The molecule has 0 bridgehead atoms. The molecule has 17 heavy (non-hydrogen) atoms. The molecule has 2 aromatic rings. The first-order chi connectivity index (χ1) is 8.12. The number of hydrogen-bond acceptors (Lipinski definition) is 4. The minimum atomic E-state index is -3.67. The number of sulfonamides is 1. The van der Waals surface area contributed by atoms with Gasteiger partial charge >= 0.3 is 0 Å². The molecule has 3 N–H and O–H groups in total. The molecule has 0 atom stereocenters. The van der Waals surface area contributed by atoms with Crippen molar-refractivity contribution in [1.82, 2.24) is 0 Å². The van der Waals surface area contributed by atoms with Crippen LogP contribution in [0.4, 0.5) is 5.69 Å². The average Bonchev–Trinajstić information content (AvgIpc) is 2.79. The second-order valence-electron chi connectivity index (χ2n) is 3.40. The normalized spacial score (nSPS) is 11.4. The van der Waals surface area contributed by atoms with Crippen LogP contribution in [-0.4, -0.2) is 8.42 Å². The van der Waals surface area contributed by atoms with Crippen LogP contribution in [0.15, 0.2) is 52.0 Å². The summed E-state index contributed by atoms with van der Waals surface area (Å²) in [5.74, 6) is 0.429. The third kappa shape index (κ3) is 2.66. The van der Waals surface area contributed by atoms with Gasteiger partial charge in [-0.2, -0.15) is 8.42 Å². The van der Waals surface area contributed by atoms with E-state index in [1.807, 2.05) is 0 Å². The smallest absolute Gasteiger partial charge is 0.295 e. The van der Waals surface area contributed by atoms with Gasteiger partial charge in [0.05, 0.1) is 6.54 Å². The van der Waals surface area contributed by atoms with E-state index in [4.69, 9.17) is 10.2 Å². The summed E-state index contributed by atoms with van der Waals surface area (Å²) < 4.78 is 31.3. The largest absolute Gasteiger partial charge is 0.446 e. The van der Waals surface area contributed by atoms with Gasteiger partial charge in [0.15, 0.2) is 0 Å². The number of para-hydroxylation sites is 1. The molecule has 0 fully saturated rings. The lowest BCUT2D eigenvalue weighted by Crippen LogP contribution is -2.11. The molecule has 0 saturated carbocycles. The van der Waals surface area contributed by atoms with Gasteiger partial charge in [-0.15, -0.1) is 0 Å². The highest BCUT2D eigenvalue weighted by molar-refractivity contribution is 7.92. The summed E-state index contributed by atoms with van der Waals surface area (Å²) in [6.07, 6.45) is 0. The number of nitrogens with one attached hydrogen (secondary N) is 1. The van der Waals surface area contributed by atoms with Crippen LogP contribution in [0.5, 0.6) is 0 Å². The molecule has 2 rings (SSSR count). The van der Waals surface area contributed by atoms with E-state index in [9.17, 15) is 8.42 Å². The van der Waals surface area contributed by atoms with Crippen LogP contribution in [0.25, 0.3) is 0 Å². The van der Waals surface area contributed by atoms with Crippen LogP contribution < -0.4 is 10.5 Å². The molecule has 90 valence electrons. The van der Waals surface area contributed by atoms with Crippen molar-refractivity contribution in [3.05, 3.63) is 48.2 Å². The number of furan rings is 1. The lowest BCUT2D eigenvalue weighted by Gasteiger charge is -2.04. The number of nitrogens with two attached hydrogens (primary N) is 1. The van der Waals surface area contributed by atoms with E-state index in [2.05, 4.69) is 4.72 Å². The maximum absolute atomic E-state index is 11.9. The summed E-state index contributed by atoms with van der Waals surface area (Å²) in [5.41, 5.74) is 5.83. The summed E-state index contributed by atoms with van der Waals surface area (Å²) >= 11 is 0. The van der Waals surface area contributed by atoms with Crippen LogP contribution in [-0.2, 0) is 16.6 Å². The highest BCUT2D eigenvalue weighted by Gasteiger charge is 2.18. The van der Waals surface area contributed by atoms with Crippen molar-refractivity contribution in [2.24, 2.45) is 5.73 Å². The molecule has 0 amide bonds. The first kappa shape index (κ1) is 11.7. The zero-order valence-electron chi connectivity index (χ0n) is 8.96. The molecule has 5 nitrogen and oxygen atoms in total. The second kappa shape index (κ2) is 4.60. The molecular weight excluding hydrogens is 240 g/mol. The zero-order valence-corrected chi connectivity index (χ0v) is 9.78. The van der Waals surface area contributed by atoms with Crippen molar-refractivity contribution in [3.8, 4) is 0 Å². The first-order valence-electron chi connectivity index (χ1n) is 4.98. The third-order valence-corrected chi connectivity index (χ3v) is 3.38. The van der Waals surface area contributed by atoms with Crippen LogP contribution in [0.1, 0.15) is 5.76 Å². The van der Waals surface area contributed by atoms with Gasteiger partial charge in [-0.3, -0.25) is 4.72 Å². The fourth-order valence-electron chi connectivity index (χ4n) is 1.32. The number of hydrogen-bond donors (Lipinski definition) is 2. The lowest BCUT2D eigenvalue weighted by atomic mass is 10.3. The van der Waals surface area contributed by atoms with E-state index in [-0.39, 0.29) is 11.6 Å². The molecule has 0 aliphatic carbocycles. The maximum atomic E-state index is 11.9. The highest BCUT2D eigenvalue weighted by Crippen LogP contribution is 2.17. The number of benzene rings is 1. The Hall–Kier alpha value is -1.79. The molecule has 1 aromatic carbocycles. The number of rotatable bonds is 4. The van der Waals surface area contributed by atoms with Crippen LogP contribution in [0.3, 0.4) is 0 Å². The molecule has 0 aliphatic rings. The van der Waals surface area contributed by atoms with E-state index < -0.39 is 10.0 Å². The quantitative estimate of drug-likeness (QED) is 0.864. The molecule has 0 saturated heterocycles. The van der Waals surface area contributed by atoms with Crippen LogP contribution in [0, 0.1) is 0 Å². The third-order valence-electron chi connectivity index (χ3n) is 2.13. The molecular formula is C11H12N2O3S. The van der Waals surface area contributed by atoms with Crippen LogP contribution in [0.2, 0.25) is 0 Å². The van der Waals surface area contributed by atoms with Crippen molar-refractivity contribution in [2.45, 2.75) is 11.6 Å². The van der Waals surface area contributed by atoms with E-state index in [0.29, 0.717) is 11.4 Å². The fourth-order valence-corrected chi connectivity index (χ4v) is 2.33. The van der Waals surface area contributed by atoms with Gasteiger partial charge in [0, 0.05) is 5.69 Å². The standard InChI is InChI=1S/C11H12N2O3S/c12-8-10-6-7-11(16-10)17(14,15)13-9-4-2-1-3-5-9/h1-7,13H,8,12H2. The Morgan fingerprint density at radius 3 is 2.41 bits per heavy atom. The van der Waals surface area contributed by atoms with Gasteiger partial charge in [-0.1, -0.05) is 18.2 Å².